The van der Waals surface area contributed by atoms with Crippen LogP contribution in [0.2, 0.25) is 0 Å². The molecule has 0 spiro atoms. The number of ketones is 1. The average Bonchev–Trinajstić information content (AvgIpc) is 2.80. The predicted molar refractivity (Wildman–Crippen MR) is 116 cm³/mol. The Hall–Kier alpha value is -1.89. The number of sulfonamides is 1. The van der Waals surface area contributed by atoms with Crippen molar-refractivity contribution in [3.63, 3.8) is 0 Å². The Morgan fingerprint density at radius 1 is 1.21 bits per heavy atom. The Bertz CT molecular complexity index is 947. The zero-order valence-corrected chi connectivity index (χ0v) is 18.6. The third-order valence-electron chi connectivity index (χ3n) is 5.57. The van der Waals surface area contributed by atoms with Gasteiger partial charge in [0.1, 0.15) is 11.5 Å². The summed E-state index contributed by atoms with van der Waals surface area (Å²) in [7, 11) is -2.20. The molecule has 158 valence electrons. The SMILES string of the molecule is CCC(C[C@@H]1C[C@@H](c2ccccc2)c2ccc(OC)cc2S(=O)(=O)N1)C(C)=O.Cl. The Morgan fingerprint density at radius 2 is 1.90 bits per heavy atom. The van der Waals surface area contributed by atoms with Gasteiger partial charge in [0, 0.05) is 23.9 Å². The summed E-state index contributed by atoms with van der Waals surface area (Å²) in [5.41, 5.74) is 1.83. The van der Waals surface area contributed by atoms with Crippen molar-refractivity contribution in [2.45, 2.75) is 50.0 Å². The molecule has 1 N–H and O–H groups in total. The van der Waals surface area contributed by atoms with Gasteiger partial charge in [-0.25, -0.2) is 13.1 Å². The maximum atomic E-state index is 13.1. The number of hydrogen-bond donors (Lipinski definition) is 1. The molecule has 3 rings (SSSR count). The van der Waals surface area contributed by atoms with Crippen molar-refractivity contribution in [3.05, 3.63) is 59.7 Å². The minimum atomic E-state index is -3.72. The van der Waals surface area contributed by atoms with Gasteiger partial charge in [0.2, 0.25) is 10.0 Å². The molecule has 1 aliphatic heterocycles. The van der Waals surface area contributed by atoms with Gasteiger partial charge in [-0.1, -0.05) is 43.3 Å². The summed E-state index contributed by atoms with van der Waals surface area (Å²) in [6.45, 7) is 3.54. The summed E-state index contributed by atoms with van der Waals surface area (Å²) in [5, 5.41) is 0. The molecule has 1 unspecified atom stereocenters. The molecule has 1 heterocycles. The van der Waals surface area contributed by atoms with Gasteiger partial charge in [-0.15, -0.1) is 12.4 Å². The van der Waals surface area contributed by atoms with E-state index in [1.165, 1.54) is 7.11 Å². The maximum Gasteiger partial charge on any atom is 0.241 e. The summed E-state index contributed by atoms with van der Waals surface area (Å²) in [5.74, 6) is 0.368. The molecule has 0 saturated carbocycles. The van der Waals surface area contributed by atoms with Gasteiger partial charge >= 0.3 is 0 Å². The largest absolute Gasteiger partial charge is 0.497 e. The summed E-state index contributed by atoms with van der Waals surface area (Å²) in [6.07, 6.45) is 1.80. The molecule has 7 heteroatoms. The first-order valence-corrected chi connectivity index (χ1v) is 11.1. The smallest absolute Gasteiger partial charge is 0.241 e. The van der Waals surface area contributed by atoms with E-state index in [9.17, 15) is 13.2 Å². The summed E-state index contributed by atoms with van der Waals surface area (Å²) in [4.78, 5) is 12.2. The van der Waals surface area contributed by atoms with E-state index in [2.05, 4.69) is 4.72 Å². The van der Waals surface area contributed by atoms with E-state index in [0.717, 1.165) is 11.1 Å². The Morgan fingerprint density at radius 3 is 2.48 bits per heavy atom. The first-order valence-electron chi connectivity index (χ1n) is 9.61. The predicted octanol–water partition coefficient (Wildman–Crippen LogP) is 4.30. The summed E-state index contributed by atoms with van der Waals surface area (Å²) >= 11 is 0. The average molecular weight is 438 g/mol. The van der Waals surface area contributed by atoms with Crippen LogP contribution in [0.3, 0.4) is 0 Å². The van der Waals surface area contributed by atoms with Crippen LogP contribution in [0.5, 0.6) is 5.75 Å². The fraction of sp³-hybridized carbons (Fsp3) is 0.409. The van der Waals surface area contributed by atoms with E-state index in [-0.39, 0.29) is 41.0 Å². The number of hydrogen-bond acceptors (Lipinski definition) is 4. The molecule has 5 nitrogen and oxygen atoms in total. The topological polar surface area (TPSA) is 72.5 Å². The first-order chi connectivity index (χ1) is 13.4. The van der Waals surface area contributed by atoms with Gasteiger partial charge in [-0.3, -0.25) is 4.79 Å². The van der Waals surface area contributed by atoms with Crippen molar-refractivity contribution >= 4 is 28.2 Å². The number of fused-ring (bicyclic) bond motifs is 1. The number of carbonyl (C=O) groups excluding carboxylic acids is 1. The minimum absolute atomic E-state index is 0. The van der Waals surface area contributed by atoms with Crippen molar-refractivity contribution in [2.75, 3.05) is 7.11 Å². The van der Waals surface area contributed by atoms with Crippen molar-refractivity contribution in [1.29, 1.82) is 0 Å². The Kier molecular flexibility index (Phi) is 7.86. The monoisotopic (exact) mass is 437 g/mol. The van der Waals surface area contributed by atoms with Gasteiger partial charge in [0.15, 0.2) is 0 Å². The van der Waals surface area contributed by atoms with Crippen LogP contribution in [0.4, 0.5) is 0 Å². The molecule has 2 aromatic carbocycles. The quantitative estimate of drug-likeness (QED) is 0.731. The van der Waals surface area contributed by atoms with E-state index in [1.54, 1.807) is 19.1 Å². The van der Waals surface area contributed by atoms with Crippen LogP contribution in [-0.2, 0) is 14.8 Å². The third-order valence-corrected chi connectivity index (χ3v) is 7.14. The highest BCUT2D eigenvalue weighted by Gasteiger charge is 2.35. The lowest BCUT2D eigenvalue weighted by atomic mass is 9.83. The molecule has 0 aromatic heterocycles. The van der Waals surface area contributed by atoms with Crippen LogP contribution in [0.1, 0.15) is 50.2 Å². The Balaban J connectivity index is 0.00000300. The molecule has 0 bridgehead atoms. The van der Waals surface area contributed by atoms with Crippen LogP contribution in [-0.4, -0.2) is 27.4 Å². The van der Waals surface area contributed by atoms with E-state index < -0.39 is 10.0 Å². The highest BCUT2D eigenvalue weighted by atomic mass is 35.5. The summed E-state index contributed by atoms with van der Waals surface area (Å²) in [6, 6.07) is 14.8. The number of carbonyl (C=O) groups is 1. The van der Waals surface area contributed by atoms with Crippen LogP contribution in [0, 0.1) is 5.92 Å². The lowest BCUT2D eigenvalue weighted by Crippen LogP contribution is -2.36. The van der Waals surface area contributed by atoms with Crippen LogP contribution >= 0.6 is 12.4 Å². The zero-order valence-electron chi connectivity index (χ0n) is 16.9. The lowest BCUT2D eigenvalue weighted by Gasteiger charge is -2.24. The van der Waals surface area contributed by atoms with Gasteiger partial charge < -0.3 is 4.74 Å². The normalized spacial score (nSPS) is 21.2. The van der Waals surface area contributed by atoms with Gasteiger partial charge in [-0.2, -0.15) is 0 Å². The van der Waals surface area contributed by atoms with E-state index in [0.29, 0.717) is 25.0 Å². The van der Waals surface area contributed by atoms with Crippen LogP contribution in [0.15, 0.2) is 53.4 Å². The van der Waals surface area contributed by atoms with Crippen LogP contribution in [0.25, 0.3) is 0 Å². The molecule has 3 atom stereocenters. The second kappa shape index (κ2) is 9.74. The molecule has 29 heavy (non-hydrogen) atoms. The van der Waals surface area contributed by atoms with Gasteiger partial charge in [0.25, 0.3) is 0 Å². The zero-order chi connectivity index (χ0) is 20.3. The summed E-state index contributed by atoms with van der Waals surface area (Å²) < 4.78 is 34.4. The van der Waals surface area contributed by atoms with E-state index in [1.807, 2.05) is 43.3 Å². The number of benzene rings is 2. The second-order valence-corrected chi connectivity index (χ2v) is 9.05. The number of nitrogens with one attached hydrogen (secondary N) is 1. The maximum absolute atomic E-state index is 13.1. The number of halogens is 1. The fourth-order valence-electron chi connectivity index (χ4n) is 4.01. The number of Topliss-reactive ketones (excluding diaryl/α,β-unsaturated/α-hetero) is 1. The number of methoxy groups -OCH3 is 1. The van der Waals surface area contributed by atoms with Crippen LogP contribution < -0.4 is 9.46 Å². The number of ether oxygens (including phenoxy) is 1. The van der Waals surface area contributed by atoms with E-state index >= 15 is 0 Å². The third kappa shape index (κ3) is 5.18. The van der Waals surface area contributed by atoms with Gasteiger partial charge in [0.05, 0.1) is 12.0 Å². The molecule has 0 fully saturated rings. The van der Waals surface area contributed by atoms with Crippen molar-refractivity contribution in [3.8, 4) is 5.75 Å². The molecule has 0 aliphatic carbocycles. The molecule has 0 radical (unpaired) electrons. The lowest BCUT2D eigenvalue weighted by molar-refractivity contribution is -0.121. The first kappa shape index (κ1) is 23.4. The Labute approximate surface area is 179 Å². The molecule has 0 amide bonds. The molecule has 1 aliphatic rings. The highest BCUT2D eigenvalue weighted by molar-refractivity contribution is 7.89. The minimum Gasteiger partial charge on any atom is -0.497 e. The molecular formula is C22H28ClNO4S. The number of rotatable bonds is 6. The molecular weight excluding hydrogens is 410 g/mol. The van der Waals surface area contributed by atoms with Crippen molar-refractivity contribution in [1.82, 2.24) is 4.72 Å². The standard InChI is InChI=1S/C22H27NO4S.ClH/c1-4-16(15(2)24)12-18-13-21(17-8-6-5-7-9-17)20-11-10-19(27-3)14-22(20)28(25,26)23-18;/h5-11,14,16,18,21,23H,4,12-13H2,1-3H3;1H/t16?,18-,21+;/m1./s1. The van der Waals surface area contributed by atoms with Gasteiger partial charge in [-0.05, 0) is 43.4 Å². The van der Waals surface area contributed by atoms with E-state index in [4.69, 9.17) is 4.74 Å². The molecule has 0 saturated heterocycles. The molecule has 2 aromatic rings. The fourth-order valence-corrected chi connectivity index (χ4v) is 5.56. The van der Waals surface area contributed by atoms with Crippen molar-refractivity contribution in [2.24, 2.45) is 5.92 Å². The second-order valence-electron chi connectivity index (χ2n) is 7.37. The highest BCUT2D eigenvalue weighted by Crippen LogP contribution is 2.39. The van der Waals surface area contributed by atoms with Crippen molar-refractivity contribution < 1.29 is 17.9 Å².